The van der Waals surface area contributed by atoms with Gasteiger partial charge in [0.05, 0.1) is 10.6 Å². The third kappa shape index (κ3) is 3.94. The van der Waals surface area contributed by atoms with Crippen molar-refractivity contribution >= 4 is 23.1 Å². The van der Waals surface area contributed by atoms with Gasteiger partial charge in [0, 0.05) is 23.8 Å². The summed E-state index contributed by atoms with van der Waals surface area (Å²) in [6, 6.07) is 5.54. The highest BCUT2D eigenvalue weighted by atomic mass is 19.1. The second-order valence-corrected chi connectivity index (χ2v) is 5.51. The molecule has 0 atom stereocenters. The van der Waals surface area contributed by atoms with Crippen LogP contribution in [0.3, 0.4) is 0 Å². The number of ketones is 1. The molecule has 0 aromatic heterocycles. The van der Waals surface area contributed by atoms with Gasteiger partial charge in [-0.1, -0.05) is 0 Å². The Bertz CT molecular complexity index is 945. The number of halogens is 1. The van der Waals surface area contributed by atoms with E-state index in [2.05, 4.69) is 5.32 Å². The van der Waals surface area contributed by atoms with Gasteiger partial charge < -0.3 is 19.5 Å². The topological polar surface area (TPSA) is 117 Å². The van der Waals surface area contributed by atoms with E-state index < -0.39 is 28.9 Å². The van der Waals surface area contributed by atoms with Gasteiger partial charge >= 0.3 is 5.69 Å². The van der Waals surface area contributed by atoms with Crippen molar-refractivity contribution in [3.05, 3.63) is 51.8 Å². The van der Waals surface area contributed by atoms with E-state index in [0.717, 1.165) is 18.2 Å². The molecule has 0 radical (unpaired) electrons. The van der Waals surface area contributed by atoms with Crippen LogP contribution in [0, 0.1) is 15.9 Å². The molecule has 1 heterocycles. The number of fused-ring (bicyclic) bond motifs is 1. The molecule has 1 amide bonds. The molecule has 0 saturated carbocycles. The van der Waals surface area contributed by atoms with Gasteiger partial charge in [0.15, 0.2) is 23.9 Å². The fourth-order valence-corrected chi connectivity index (χ4v) is 2.42. The molecule has 0 saturated heterocycles. The largest absolute Gasteiger partial charge is 0.477 e. The summed E-state index contributed by atoms with van der Waals surface area (Å²) in [6.45, 7) is 0.687. The SMILES string of the molecule is CC(=O)c1cc2c(cc1NC(=O)COc1cc(F)ccc1[N+](=O)[O-])OCO2. The minimum atomic E-state index is -0.752. The second kappa shape index (κ2) is 7.28. The maximum Gasteiger partial charge on any atom is 0.311 e. The van der Waals surface area contributed by atoms with Crippen molar-refractivity contribution in [3.63, 3.8) is 0 Å². The van der Waals surface area contributed by atoms with Crippen molar-refractivity contribution in [3.8, 4) is 17.2 Å². The van der Waals surface area contributed by atoms with Crippen LogP contribution in [0.25, 0.3) is 0 Å². The molecule has 1 aliphatic rings. The van der Waals surface area contributed by atoms with Crippen molar-refractivity contribution in [2.45, 2.75) is 6.92 Å². The smallest absolute Gasteiger partial charge is 0.311 e. The zero-order chi connectivity index (χ0) is 19.6. The van der Waals surface area contributed by atoms with E-state index in [4.69, 9.17) is 14.2 Å². The summed E-state index contributed by atoms with van der Waals surface area (Å²) in [5.41, 5.74) is -0.102. The summed E-state index contributed by atoms with van der Waals surface area (Å²) in [5, 5.41) is 13.4. The number of amides is 1. The lowest BCUT2D eigenvalue weighted by Gasteiger charge is -2.11. The minimum absolute atomic E-state index is 0.00354. The fraction of sp³-hybridized carbons (Fsp3) is 0.176. The Kier molecular flexibility index (Phi) is 4.88. The molecule has 27 heavy (non-hydrogen) atoms. The van der Waals surface area contributed by atoms with E-state index in [-0.39, 0.29) is 29.6 Å². The van der Waals surface area contributed by atoms with Gasteiger partial charge in [-0.05, 0) is 19.1 Å². The highest BCUT2D eigenvalue weighted by Crippen LogP contribution is 2.37. The van der Waals surface area contributed by atoms with Crippen LogP contribution in [-0.2, 0) is 4.79 Å². The molecular formula is C17H13FN2O7. The van der Waals surface area contributed by atoms with Gasteiger partial charge in [0.25, 0.3) is 5.91 Å². The first kappa shape index (κ1) is 18.1. The van der Waals surface area contributed by atoms with E-state index in [9.17, 15) is 24.1 Å². The quantitative estimate of drug-likeness (QED) is 0.468. The molecule has 3 rings (SSSR count). The van der Waals surface area contributed by atoms with E-state index in [1.54, 1.807) is 0 Å². The number of rotatable bonds is 6. The average molecular weight is 376 g/mol. The van der Waals surface area contributed by atoms with Crippen LogP contribution in [-0.4, -0.2) is 30.0 Å². The summed E-state index contributed by atoms with van der Waals surface area (Å²) in [5.74, 6) is -1.40. The van der Waals surface area contributed by atoms with Crippen molar-refractivity contribution in [1.82, 2.24) is 0 Å². The number of carbonyl (C=O) groups excluding carboxylic acids is 2. The Hall–Kier alpha value is -3.69. The highest BCUT2D eigenvalue weighted by Gasteiger charge is 2.21. The molecule has 2 aromatic rings. The Morgan fingerprint density at radius 1 is 1.26 bits per heavy atom. The highest BCUT2D eigenvalue weighted by molar-refractivity contribution is 6.04. The Labute approximate surface area is 151 Å². The van der Waals surface area contributed by atoms with Gasteiger partial charge in [0.2, 0.25) is 12.5 Å². The monoisotopic (exact) mass is 376 g/mol. The van der Waals surface area contributed by atoms with Crippen molar-refractivity contribution in [2.75, 3.05) is 18.7 Å². The number of hydrogen-bond acceptors (Lipinski definition) is 7. The van der Waals surface area contributed by atoms with E-state index in [1.807, 2.05) is 0 Å². The van der Waals surface area contributed by atoms with Gasteiger partial charge in [-0.3, -0.25) is 19.7 Å². The average Bonchev–Trinajstić information content (AvgIpc) is 3.06. The van der Waals surface area contributed by atoms with Crippen LogP contribution < -0.4 is 19.5 Å². The molecule has 0 fully saturated rings. The van der Waals surface area contributed by atoms with Gasteiger partial charge in [-0.15, -0.1) is 0 Å². The molecular weight excluding hydrogens is 363 g/mol. The standard InChI is InChI=1S/C17H13FN2O7/c1-9(21)11-5-15-16(27-8-26-15)6-12(11)19-17(22)7-25-14-4-10(18)2-3-13(14)20(23)24/h2-6H,7-8H2,1H3,(H,19,22). The molecule has 1 N–H and O–H groups in total. The van der Waals surface area contributed by atoms with E-state index >= 15 is 0 Å². The van der Waals surface area contributed by atoms with Crippen LogP contribution in [0.2, 0.25) is 0 Å². The number of nitrogens with zero attached hydrogens (tertiary/aromatic N) is 1. The number of carbonyl (C=O) groups is 2. The fourth-order valence-electron chi connectivity index (χ4n) is 2.42. The van der Waals surface area contributed by atoms with Crippen molar-refractivity contribution in [1.29, 1.82) is 0 Å². The Morgan fingerprint density at radius 3 is 2.63 bits per heavy atom. The molecule has 2 aromatic carbocycles. The zero-order valence-electron chi connectivity index (χ0n) is 14.0. The van der Waals surface area contributed by atoms with Gasteiger partial charge in [-0.25, -0.2) is 4.39 Å². The van der Waals surface area contributed by atoms with Crippen LogP contribution in [0.4, 0.5) is 15.8 Å². The first-order valence-electron chi connectivity index (χ1n) is 7.66. The molecule has 0 bridgehead atoms. The summed E-state index contributed by atoms with van der Waals surface area (Å²) in [4.78, 5) is 34.1. The van der Waals surface area contributed by atoms with Crippen LogP contribution in [0.5, 0.6) is 17.2 Å². The van der Waals surface area contributed by atoms with Crippen molar-refractivity contribution < 1.29 is 33.1 Å². The first-order chi connectivity index (χ1) is 12.8. The number of anilines is 1. The maximum atomic E-state index is 13.3. The van der Waals surface area contributed by atoms with Gasteiger partial charge in [-0.2, -0.15) is 0 Å². The molecule has 10 heteroatoms. The number of nitro groups is 1. The zero-order valence-corrected chi connectivity index (χ0v) is 14.0. The number of Topliss-reactive ketones (excluding diaryl/α,β-unsaturated/α-hetero) is 1. The number of ether oxygens (including phenoxy) is 3. The lowest BCUT2D eigenvalue weighted by molar-refractivity contribution is -0.385. The van der Waals surface area contributed by atoms with Crippen LogP contribution in [0.1, 0.15) is 17.3 Å². The lowest BCUT2D eigenvalue weighted by Crippen LogP contribution is -2.21. The Balaban J connectivity index is 1.75. The number of nitro benzene ring substituents is 1. The van der Waals surface area contributed by atoms with Crippen molar-refractivity contribution in [2.24, 2.45) is 0 Å². The molecule has 9 nitrogen and oxygen atoms in total. The van der Waals surface area contributed by atoms with E-state index in [0.29, 0.717) is 11.5 Å². The predicted octanol–water partition coefficient (Wildman–Crippen LogP) is 2.68. The summed E-state index contributed by atoms with van der Waals surface area (Å²) >= 11 is 0. The summed E-state index contributed by atoms with van der Waals surface area (Å²) in [7, 11) is 0. The number of hydrogen-bond donors (Lipinski definition) is 1. The maximum absolute atomic E-state index is 13.3. The first-order valence-corrected chi connectivity index (χ1v) is 7.66. The lowest BCUT2D eigenvalue weighted by atomic mass is 10.1. The van der Waals surface area contributed by atoms with Gasteiger partial charge in [0.1, 0.15) is 5.82 Å². The molecule has 140 valence electrons. The number of benzene rings is 2. The van der Waals surface area contributed by atoms with Crippen LogP contribution in [0.15, 0.2) is 30.3 Å². The normalized spacial score (nSPS) is 11.8. The minimum Gasteiger partial charge on any atom is -0.477 e. The number of nitrogens with one attached hydrogen (secondary N) is 1. The molecule has 1 aliphatic heterocycles. The summed E-state index contributed by atoms with van der Waals surface area (Å²) in [6.07, 6.45) is 0. The third-order valence-corrected chi connectivity index (χ3v) is 3.64. The predicted molar refractivity (Wildman–Crippen MR) is 89.7 cm³/mol. The third-order valence-electron chi connectivity index (χ3n) is 3.64. The summed E-state index contributed by atoms with van der Waals surface area (Å²) < 4.78 is 28.8. The molecule has 0 aliphatic carbocycles. The molecule has 0 unspecified atom stereocenters. The van der Waals surface area contributed by atoms with Crippen LogP contribution >= 0.6 is 0 Å². The molecule has 0 spiro atoms. The van der Waals surface area contributed by atoms with E-state index in [1.165, 1.54) is 19.1 Å². The Morgan fingerprint density at radius 2 is 1.96 bits per heavy atom. The second-order valence-electron chi connectivity index (χ2n) is 5.51.